The van der Waals surface area contributed by atoms with Crippen molar-refractivity contribution in [2.24, 2.45) is 0 Å². The van der Waals surface area contributed by atoms with Crippen molar-refractivity contribution in [1.82, 2.24) is 10.2 Å². The van der Waals surface area contributed by atoms with Crippen LogP contribution >= 0.6 is 23.1 Å². The number of hydrogen-bond acceptors (Lipinski definition) is 7. The van der Waals surface area contributed by atoms with Crippen LogP contribution in [0.2, 0.25) is 0 Å². The summed E-state index contributed by atoms with van der Waals surface area (Å²) in [5, 5.41) is 11.2. The van der Waals surface area contributed by atoms with E-state index in [0.29, 0.717) is 10.4 Å². The van der Waals surface area contributed by atoms with Crippen molar-refractivity contribution in [3.05, 3.63) is 30.3 Å². The lowest BCUT2D eigenvalue weighted by atomic mass is 10.4. The molecular weight excluding hydrogens is 354 g/mol. The van der Waals surface area contributed by atoms with Gasteiger partial charge in [-0.2, -0.15) is 0 Å². The van der Waals surface area contributed by atoms with Crippen LogP contribution in [0.3, 0.4) is 0 Å². The first-order chi connectivity index (χ1) is 10.9. The number of nitrogens with zero attached hydrogens (tertiary/aromatic N) is 2. The number of thioether (sulfide) groups is 1. The Labute approximate surface area is 143 Å². The van der Waals surface area contributed by atoms with E-state index in [2.05, 4.69) is 15.5 Å². The van der Waals surface area contributed by atoms with E-state index in [9.17, 15) is 13.2 Å². The smallest absolute Gasteiger partial charge is 0.227 e. The standard InChI is InChI=1S/C14H17N3O3S3/c1-10(2)21-14-17-16-13(22-14)15-12(18)8-9-23(19,20)11-6-4-3-5-7-11/h3-7,10H,8-9H2,1-2H3,(H,15,16,18). The average molecular weight is 372 g/mol. The molecule has 0 aliphatic heterocycles. The van der Waals surface area contributed by atoms with Gasteiger partial charge in [-0.3, -0.25) is 4.79 Å². The molecule has 1 aromatic heterocycles. The number of aromatic nitrogens is 2. The molecule has 0 aliphatic rings. The highest BCUT2D eigenvalue weighted by atomic mass is 32.2. The fourth-order valence-electron chi connectivity index (χ4n) is 1.66. The summed E-state index contributed by atoms with van der Waals surface area (Å²) >= 11 is 2.84. The maximum absolute atomic E-state index is 12.1. The number of sulfone groups is 1. The molecular formula is C14H17N3O3S3. The van der Waals surface area contributed by atoms with Gasteiger partial charge in [0, 0.05) is 11.7 Å². The highest BCUT2D eigenvalue weighted by Crippen LogP contribution is 2.28. The highest BCUT2D eigenvalue weighted by molar-refractivity contribution is 8.01. The minimum absolute atomic E-state index is 0.122. The zero-order valence-corrected chi connectivity index (χ0v) is 15.2. The number of carbonyl (C=O) groups excluding carboxylic acids is 1. The molecule has 6 nitrogen and oxygen atoms in total. The van der Waals surface area contributed by atoms with Crippen LogP contribution in [0, 0.1) is 0 Å². The van der Waals surface area contributed by atoms with Gasteiger partial charge in [0.25, 0.3) is 0 Å². The van der Waals surface area contributed by atoms with Crippen molar-refractivity contribution in [2.75, 3.05) is 11.1 Å². The highest BCUT2D eigenvalue weighted by Gasteiger charge is 2.17. The van der Waals surface area contributed by atoms with Gasteiger partial charge in [0.2, 0.25) is 11.0 Å². The third-order valence-corrected chi connectivity index (χ3v) is 6.35. The SMILES string of the molecule is CC(C)Sc1nnc(NC(=O)CCS(=O)(=O)c2ccccc2)s1. The third kappa shape index (κ3) is 5.60. The second kappa shape index (κ2) is 7.89. The van der Waals surface area contributed by atoms with Crippen LogP contribution in [0.25, 0.3) is 0 Å². The van der Waals surface area contributed by atoms with Gasteiger partial charge in [0.15, 0.2) is 14.2 Å². The predicted octanol–water partition coefficient (Wildman–Crippen LogP) is 2.84. The topological polar surface area (TPSA) is 89.0 Å². The molecule has 1 heterocycles. The maximum atomic E-state index is 12.1. The van der Waals surface area contributed by atoms with Crippen molar-refractivity contribution in [3.63, 3.8) is 0 Å². The zero-order chi connectivity index (χ0) is 16.9. The fourth-order valence-corrected chi connectivity index (χ4v) is 4.92. The molecule has 0 atom stereocenters. The molecule has 2 rings (SSSR count). The number of benzene rings is 1. The number of anilines is 1. The molecule has 0 saturated heterocycles. The molecule has 23 heavy (non-hydrogen) atoms. The molecule has 124 valence electrons. The second-order valence-electron chi connectivity index (χ2n) is 4.97. The molecule has 0 saturated carbocycles. The number of carbonyl (C=O) groups is 1. The number of rotatable bonds is 7. The zero-order valence-electron chi connectivity index (χ0n) is 12.7. The van der Waals surface area contributed by atoms with Crippen LogP contribution < -0.4 is 5.32 Å². The summed E-state index contributed by atoms with van der Waals surface area (Å²) in [6.07, 6.45) is -0.122. The lowest BCUT2D eigenvalue weighted by molar-refractivity contribution is -0.115. The van der Waals surface area contributed by atoms with Gasteiger partial charge in [-0.05, 0) is 12.1 Å². The molecule has 1 N–H and O–H groups in total. The Bertz CT molecular complexity index is 758. The quantitative estimate of drug-likeness (QED) is 0.595. The van der Waals surface area contributed by atoms with E-state index in [4.69, 9.17) is 0 Å². The summed E-state index contributed by atoms with van der Waals surface area (Å²) in [4.78, 5) is 12.1. The molecule has 0 aliphatic carbocycles. The maximum Gasteiger partial charge on any atom is 0.227 e. The molecule has 1 amide bonds. The van der Waals surface area contributed by atoms with Crippen LogP contribution in [-0.2, 0) is 14.6 Å². The van der Waals surface area contributed by atoms with Crippen LogP contribution in [-0.4, -0.2) is 35.5 Å². The summed E-state index contributed by atoms with van der Waals surface area (Å²) in [5.74, 6) is -0.628. The third-order valence-electron chi connectivity index (χ3n) is 2.69. The van der Waals surface area contributed by atoms with E-state index in [0.717, 1.165) is 4.34 Å². The molecule has 0 unspecified atom stereocenters. The van der Waals surface area contributed by atoms with E-state index in [1.165, 1.54) is 23.5 Å². The molecule has 1 aromatic carbocycles. The first-order valence-corrected chi connectivity index (χ1v) is 10.3. The van der Waals surface area contributed by atoms with E-state index in [1.807, 2.05) is 13.8 Å². The minimum Gasteiger partial charge on any atom is -0.300 e. The largest absolute Gasteiger partial charge is 0.300 e. The van der Waals surface area contributed by atoms with Crippen molar-refractivity contribution in [1.29, 1.82) is 0 Å². The molecule has 0 radical (unpaired) electrons. The number of hydrogen-bond donors (Lipinski definition) is 1. The van der Waals surface area contributed by atoms with Crippen LogP contribution in [0.4, 0.5) is 5.13 Å². The Balaban J connectivity index is 1.89. The Morgan fingerprint density at radius 1 is 1.26 bits per heavy atom. The monoisotopic (exact) mass is 371 g/mol. The van der Waals surface area contributed by atoms with Gasteiger partial charge in [-0.15, -0.1) is 10.2 Å². The Hall–Kier alpha value is -1.45. The number of nitrogens with one attached hydrogen (secondary N) is 1. The van der Waals surface area contributed by atoms with Crippen molar-refractivity contribution >= 4 is 44.0 Å². The van der Waals surface area contributed by atoms with E-state index < -0.39 is 9.84 Å². The van der Waals surface area contributed by atoms with Crippen molar-refractivity contribution in [2.45, 2.75) is 34.8 Å². The fraction of sp³-hybridized carbons (Fsp3) is 0.357. The van der Waals surface area contributed by atoms with E-state index >= 15 is 0 Å². The number of amides is 1. The molecule has 0 spiro atoms. The molecule has 0 fully saturated rings. The summed E-state index contributed by atoms with van der Waals surface area (Å²) in [5.41, 5.74) is 0. The normalized spacial score (nSPS) is 11.6. The first kappa shape index (κ1) is 17.9. The summed E-state index contributed by atoms with van der Waals surface area (Å²) in [6.45, 7) is 4.08. The minimum atomic E-state index is -3.46. The van der Waals surface area contributed by atoms with Gasteiger partial charge in [-0.1, -0.05) is 55.1 Å². The van der Waals surface area contributed by atoms with E-state index in [1.54, 1.807) is 30.0 Å². The van der Waals surface area contributed by atoms with Gasteiger partial charge in [-0.25, -0.2) is 8.42 Å². The first-order valence-electron chi connectivity index (χ1n) is 6.94. The second-order valence-corrected chi connectivity index (χ2v) is 9.88. The van der Waals surface area contributed by atoms with Gasteiger partial charge in [0.05, 0.1) is 10.6 Å². The lowest BCUT2D eigenvalue weighted by Crippen LogP contribution is -2.17. The summed E-state index contributed by atoms with van der Waals surface area (Å²) < 4.78 is 25.0. The molecule has 9 heteroatoms. The molecule has 0 bridgehead atoms. The average Bonchev–Trinajstić information content (AvgIpc) is 2.92. The van der Waals surface area contributed by atoms with Crippen molar-refractivity contribution in [3.8, 4) is 0 Å². The Morgan fingerprint density at radius 2 is 1.96 bits per heavy atom. The van der Waals surface area contributed by atoms with Gasteiger partial charge >= 0.3 is 0 Å². The summed E-state index contributed by atoms with van der Waals surface area (Å²) in [7, 11) is -3.46. The lowest BCUT2D eigenvalue weighted by Gasteiger charge is -2.04. The van der Waals surface area contributed by atoms with Crippen LogP contribution in [0.15, 0.2) is 39.6 Å². The van der Waals surface area contributed by atoms with Gasteiger partial charge in [0.1, 0.15) is 0 Å². The van der Waals surface area contributed by atoms with Gasteiger partial charge < -0.3 is 5.32 Å². The Morgan fingerprint density at radius 3 is 2.61 bits per heavy atom. The Kier molecular flexibility index (Phi) is 6.14. The molecule has 2 aromatic rings. The van der Waals surface area contributed by atoms with Crippen LogP contribution in [0.1, 0.15) is 20.3 Å². The summed E-state index contributed by atoms with van der Waals surface area (Å²) in [6, 6.07) is 8.10. The van der Waals surface area contributed by atoms with Crippen molar-refractivity contribution < 1.29 is 13.2 Å². The predicted molar refractivity (Wildman–Crippen MR) is 92.6 cm³/mol. The van der Waals surface area contributed by atoms with Crippen LogP contribution in [0.5, 0.6) is 0 Å². The van der Waals surface area contributed by atoms with E-state index in [-0.39, 0.29) is 23.0 Å².